The lowest BCUT2D eigenvalue weighted by Gasteiger charge is -1.97. The minimum Gasteiger partial charge on any atom is -0.354 e. The second-order valence-electron chi connectivity index (χ2n) is 5.51. The van der Waals surface area contributed by atoms with Crippen LogP contribution in [0.3, 0.4) is 0 Å². The summed E-state index contributed by atoms with van der Waals surface area (Å²) in [5.74, 6) is 0. The molecule has 0 aliphatic carbocycles. The Balaban J connectivity index is 1.99. The van der Waals surface area contributed by atoms with Crippen molar-refractivity contribution in [2.24, 2.45) is 0 Å². The highest BCUT2D eigenvalue weighted by Gasteiger charge is 2.10. The number of aromatic nitrogens is 2. The normalized spacial score (nSPS) is 11.8. The number of pyridine rings is 1. The van der Waals surface area contributed by atoms with Crippen LogP contribution in [0.4, 0.5) is 0 Å². The number of aromatic amines is 2. The maximum absolute atomic E-state index is 3.53. The van der Waals surface area contributed by atoms with Gasteiger partial charge in [-0.1, -0.05) is 30.3 Å². The first kappa shape index (κ1) is 10.9. The quantitative estimate of drug-likeness (QED) is 0.403. The van der Waals surface area contributed by atoms with E-state index in [0.717, 1.165) is 5.52 Å². The van der Waals surface area contributed by atoms with Gasteiger partial charge in [0.1, 0.15) is 0 Å². The summed E-state index contributed by atoms with van der Waals surface area (Å²) in [6.45, 7) is 0. The molecule has 0 unspecified atom stereocenters. The number of hydrogen-bond donors (Lipinski definition) is 1. The molecule has 0 aliphatic heterocycles. The monoisotopic (exact) mass is 269 g/mol. The lowest BCUT2D eigenvalue weighted by molar-refractivity contribution is -0.310. The van der Waals surface area contributed by atoms with Gasteiger partial charge in [-0.3, -0.25) is 0 Å². The van der Waals surface area contributed by atoms with Crippen LogP contribution in [0.25, 0.3) is 43.6 Å². The maximum atomic E-state index is 3.53. The average Bonchev–Trinajstić information content (AvgIpc) is 2.88. The zero-order chi connectivity index (χ0) is 13.8. The van der Waals surface area contributed by atoms with E-state index in [1.54, 1.807) is 0 Å². The van der Waals surface area contributed by atoms with Gasteiger partial charge in [-0.05, 0) is 24.3 Å². The fraction of sp³-hybridized carbons (Fsp3) is 0. The number of benzene rings is 3. The highest BCUT2D eigenvalue weighted by atomic mass is 14.7. The standard InChI is InChI=1S/C19H12N2/c1-3-7-16-12(5-1)9-13-10-15-14-6-2-4-8-17(14)21-19(15)11-18(13)20-16/h1-11,21H/p+1. The van der Waals surface area contributed by atoms with Crippen molar-refractivity contribution in [1.82, 2.24) is 4.98 Å². The molecule has 0 spiro atoms. The third-order valence-corrected chi connectivity index (χ3v) is 4.22. The Labute approximate surface area is 121 Å². The molecule has 21 heavy (non-hydrogen) atoms. The highest BCUT2D eigenvalue weighted by Crippen LogP contribution is 2.28. The Kier molecular flexibility index (Phi) is 1.98. The van der Waals surface area contributed by atoms with E-state index in [-0.39, 0.29) is 0 Å². The zero-order valence-electron chi connectivity index (χ0n) is 11.4. The minimum atomic E-state index is 1.16. The average molecular weight is 269 g/mol. The number of nitrogens with one attached hydrogen (secondary N) is 2. The molecule has 2 heterocycles. The molecule has 3 aromatic carbocycles. The van der Waals surface area contributed by atoms with Gasteiger partial charge >= 0.3 is 0 Å². The van der Waals surface area contributed by atoms with Crippen molar-refractivity contribution < 1.29 is 4.98 Å². The molecule has 2 nitrogen and oxygen atoms in total. The molecule has 2 aromatic heterocycles. The number of H-pyrrole nitrogens is 2. The van der Waals surface area contributed by atoms with Crippen LogP contribution in [-0.4, -0.2) is 4.98 Å². The number of fused-ring (bicyclic) bond motifs is 5. The van der Waals surface area contributed by atoms with Gasteiger partial charge in [-0.25, -0.2) is 4.98 Å². The second-order valence-corrected chi connectivity index (χ2v) is 5.51. The van der Waals surface area contributed by atoms with Crippen LogP contribution in [-0.2, 0) is 0 Å². The van der Waals surface area contributed by atoms with Gasteiger partial charge in [-0.15, -0.1) is 0 Å². The molecule has 0 atom stereocenters. The first-order chi connectivity index (χ1) is 10.4. The zero-order valence-corrected chi connectivity index (χ0v) is 11.4. The van der Waals surface area contributed by atoms with Crippen LogP contribution in [0.5, 0.6) is 0 Å². The van der Waals surface area contributed by atoms with Crippen molar-refractivity contribution >= 4 is 43.6 Å². The first-order valence-corrected chi connectivity index (χ1v) is 7.14. The summed E-state index contributed by atoms with van der Waals surface area (Å²) in [5, 5.41) is 5.04. The Morgan fingerprint density at radius 1 is 0.619 bits per heavy atom. The van der Waals surface area contributed by atoms with Gasteiger partial charge in [-0.2, -0.15) is 0 Å². The Morgan fingerprint density at radius 2 is 1.48 bits per heavy atom. The molecule has 2 N–H and O–H groups in total. The topological polar surface area (TPSA) is 29.9 Å². The minimum absolute atomic E-state index is 1.16. The molecular formula is C19H13N2+. The van der Waals surface area contributed by atoms with Gasteiger partial charge in [0, 0.05) is 39.2 Å². The molecule has 0 saturated carbocycles. The molecule has 5 aromatic rings. The number of rotatable bonds is 0. The van der Waals surface area contributed by atoms with Gasteiger partial charge in [0.25, 0.3) is 0 Å². The van der Waals surface area contributed by atoms with Crippen LogP contribution in [0.15, 0.2) is 66.7 Å². The highest BCUT2D eigenvalue weighted by molar-refractivity contribution is 6.11. The van der Waals surface area contributed by atoms with E-state index in [2.05, 4.69) is 76.7 Å². The molecular weight excluding hydrogens is 256 g/mol. The lowest BCUT2D eigenvalue weighted by atomic mass is 10.1. The van der Waals surface area contributed by atoms with Crippen molar-refractivity contribution in [3.63, 3.8) is 0 Å². The summed E-state index contributed by atoms with van der Waals surface area (Å²) in [5.41, 5.74) is 4.69. The Hall–Kier alpha value is -2.87. The van der Waals surface area contributed by atoms with Gasteiger partial charge < -0.3 is 4.98 Å². The molecule has 0 radical (unpaired) electrons. The van der Waals surface area contributed by atoms with E-state index < -0.39 is 0 Å². The van der Waals surface area contributed by atoms with Crippen molar-refractivity contribution in [2.75, 3.05) is 0 Å². The number of hydrogen-bond acceptors (Lipinski definition) is 0. The summed E-state index contributed by atoms with van der Waals surface area (Å²) in [6, 6.07) is 23.6. The summed E-state index contributed by atoms with van der Waals surface area (Å²) in [4.78, 5) is 7.02. The SMILES string of the molecule is c1ccc2[nH+]c3cc4[nH]c5ccccc5c4cc3cc2c1. The Bertz CT molecular complexity index is 1130. The molecule has 98 valence electrons. The third-order valence-electron chi connectivity index (χ3n) is 4.22. The lowest BCUT2D eigenvalue weighted by Crippen LogP contribution is -2.04. The fourth-order valence-electron chi connectivity index (χ4n) is 3.19. The maximum Gasteiger partial charge on any atom is 0.213 e. The van der Waals surface area contributed by atoms with E-state index in [4.69, 9.17) is 0 Å². The van der Waals surface area contributed by atoms with E-state index in [9.17, 15) is 0 Å². The van der Waals surface area contributed by atoms with Crippen LogP contribution >= 0.6 is 0 Å². The molecule has 0 aliphatic rings. The van der Waals surface area contributed by atoms with Gasteiger partial charge in [0.15, 0.2) is 0 Å². The number of para-hydroxylation sites is 2. The summed E-state index contributed by atoms with van der Waals surface area (Å²) < 4.78 is 0. The van der Waals surface area contributed by atoms with E-state index in [1.165, 1.54) is 38.1 Å². The van der Waals surface area contributed by atoms with E-state index in [0.29, 0.717) is 0 Å². The van der Waals surface area contributed by atoms with Crippen molar-refractivity contribution in [1.29, 1.82) is 0 Å². The molecule has 0 saturated heterocycles. The van der Waals surface area contributed by atoms with Crippen molar-refractivity contribution in [2.45, 2.75) is 0 Å². The van der Waals surface area contributed by atoms with Crippen LogP contribution in [0.2, 0.25) is 0 Å². The van der Waals surface area contributed by atoms with Crippen LogP contribution in [0.1, 0.15) is 0 Å². The van der Waals surface area contributed by atoms with Gasteiger partial charge in [0.2, 0.25) is 11.0 Å². The molecule has 2 heteroatoms. The summed E-state index contributed by atoms with van der Waals surface area (Å²) in [6.07, 6.45) is 0. The first-order valence-electron chi connectivity index (χ1n) is 7.14. The Morgan fingerprint density at radius 3 is 2.48 bits per heavy atom. The van der Waals surface area contributed by atoms with Crippen molar-refractivity contribution in [3.8, 4) is 0 Å². The predicted octanol–water partition coefficient (Wildman–Crippen LogP) is 4.44. The van der Waals surface area contributed by atoms with E-state index >= 15 is 0 Å². The summed E-state index contributed by atoms with van der Waals surface area (Å²) >= 11 is 0. The molecule has 0 fully saturated rings. The van der Waals surface area contributed by atoms with E-state index in [1.807, 2.05) is 0 Å². The fourth-order valence-corrected chi connectivity index (χ4v) is 3.19. The molecule has 0 bridgehead atoms. The molecule has 0 amide bonds. The largest absolute Gasteiger partial charge is 0.354 e. The molecule has 5 rings (SSSR count). The van der Waals surface area contributed by atoms with Crippen molar-refractivity contribution in [3.05, 3.63) is 66.7 Å². The second kappa shape index (κ2) is 3.83. The van der Waals surface area contributed by atoms with Gasteiger partial charge in [0.05, 0.1) is 5.52 Å². The van der Waals surface area contributed by atoms with Crippen LogP contribution < -0.4 is 4.98 Å². The third kappa shape index (κ3) is 1.50. The smallest absolute Gasteiger partial charge is 0.213 e. The summed E-state index contributed by atoms with van der Waals surface area (Å²) in [7, 11) is 0. The predicted molar refractivity (Wildman–Crippen MR) is 87.4 cm³/mol. The van der Waals surface area contributed by atoms with Crippen LogP contribution in [0, 0.1) is 0 Å².